The Balaban J connectivity index is 1.69. The van der Waals surface area contributed by atoms with Gasteiger partial charge < -0.3 is 15.0 Å². The molecule has 1 aliphatic heterocycles. The average Bonchev–Trinajstić information content (AvgIpc) is 2.46. The largest absolute Gasteiger partial charge is 0.411 e. The van der Waals surface area contributed by atoms with E-state index < -0.39 is 12.8 Å². The van der Waals surface area contributed by atoms with Gasteiger partial charge >= 0.3 is 6.18 Å². The molecule has 0 aromatic carbocycles. The molecule has 0 aromatic heterocycles. The van der Waals surface area contributed by atoms with E-state index in [0.29, 0.717) is 18.5 Å². The first-order valence-electron chi connectivity index (χ1n) is 8.13. The summed E-state index contributed by atoms with van der Waals surface area (Å²) >= 11 is 0. The van der Waals surface area contributed by atoms with E-state index in [4.69, 9.17) is 4.74 Å². The molecule has 1 saturated carbocycles. The minimum atomic E-state index is -4.21. The molecule has 124 valence electrons. The van der Waals surface area contributed by atoms with Gasteiger partial charge in [0.1, 0.15) is 6.61 Å². The molecule has 1 heterocycles. The number of nitrogens with one attached hydrogen (secondary N) is 1. The first-order valence-corrected chi connectivity index (χ1v) is 8.13. The summed E-state index contributed by atoms with van der Waals surface area (Å²) in [5.74, 6) is 0. The predicted octanol–water partition coefficient (Wildman–Crippen LogP) is 2.95. The Morgan fingerprint density at radius 2 is 1.81 bits per heavy atom. The van der Waals surface area contributed by atoms with Crippen LogP contribution >= 0.6 is 0 Å². The van der Waals surface area contributed by atoms with Crippen molar-refractivity contribution in [1.29, 1.82) is 0 Å². The van der Waals surface area contributed by atoms with Crippen LogP contribution in [0.5, 0.6) is 0 Å². The predicted molar refractivity (Wildman–Crippen MR) is 76.3 cm³/mol. The Morgan fingerprint density at radius 3 is 2.43 bits per heavy atom. The zero-order valence-electron chi connectivity index (χ0n) is 12.8. The molecule has 0 aromatic rings. The van der Waals surface area contributed by atoms with Crippen LogP contribution in [0.1, 0.15) is 45.4 Å². The summed E-state index contributed by atoms with van der Waals surface area (Å²) in [7, 11) is 0. The summed E-state index contributed by atoms with van der Waals surface area (Å²) < 4.78 is 41.6. The molecular weight excluding hydrogens is 281 g/mol. The second kappa shape index (κ2) is 7.79. The molecule has 6 heteroatoms. The topological polar surface area (TPSA) is 24.5 Å². The van der Waals surface area contributed by atoms with Crippen LogP contribution in [0.25, 0.3) is 0 Å². The van der Waals surface area contributed by atoms with Crippen molar-refractivity contribution in [3.8, 4) is 0 Å². The van der Waals surface area contributed by atoms with Crippen molar-refractivity contribution >= 4 is 0 Å². The van der Waals surface area contributed by atoms with Crippen molar-refractivity contribution in [2.45, 2.75) is 69.8 Å². The molecule has 0 bridgehead atoms. The van der Waals surface area contributed by atoms with Gasteiger partial charge in [-0.3, -0.25) is 0 Å². The minimum Gasteiger partial charge on any atom is -0.369 e. The number of ether oxygens (including phenoxy) is 1. The standard InChI is InChI=1S/C15H27F3N2O/c1-2-20-8-6-12(7-9-20)19-13-4-3-5-14(10-13)21-11-15(16,17)18/h12-14,19H,2-11H2,1H3. The number of hydrogen-bond acceptors (Lipinski definition) is 3. The third-order valence-electron chi connectivity index (χ3n) is 4.61. The van der Waals surface area contributed by atoms with Crippen LogP contribution in [-0.2, 0) is 4.74 Å². The van der Waals surface area contributed by atoms with Gasteiger partial charge in [-0.15, -0.1) is 0 Å². The van der Waals surface area contributed by atoms with Gasteiger partial charge in [0.15, 0.2) is 0 Å². The fourth-order valence-corrected chi connectivity index (χ4v) is 3.41. The van der Waals surface area contributed by atoms with Crippen LogP contribution in [0.3, 0.4) is 0 Å². The van der Waals surface area contributed by atoms with Gasteiger partial charge in [-0.25, -0.2) is 0 Å². The molecule has 3 nitrogen and oxygen atoms in total. The average molecular weight is 308 g/mol. The fraction of sp³-hybridized carbons (Fsp3) is 1.00. The van der Waals surface area contributed by atoms with E-state index in [9.17, 15) is 13.2 Å². The molecule has 0 amide bonds. The summed E-state index contributed by atoms with van der Waals surface area (Å²) in [4.78, 5) is 2.44. The van der Waals surface area contributed by atoms with E-state index in [1.165, 1.54) is 0 Å². The van der Waals surface area contributed by atoms with Crippen LogP contribution in [0, 0.1) is 0 Å². The Bertz CT molecular complexity index is 304. The second-order valence-electron chi connectivity index (χ2n) is 6.29. The van der Waals surface area contributed by atoms with E-state index in [0.717, 1.165) is 51.7 Å². The van der Waals surface area contributed by atoms with Gasteiger partial charge in [0.05, 0.1) is 6.10 Å². The quantitative estimate of drug-likeness (QED) is 0.845. The minimum absolute atomic E-state index is 0.242. The molecule has 21 heavy (non-hydrogen) atoms. The molecule has 1 N–H and O–H groups in total. The van der Waals surface area contributed by atoms with Crippen LogP contribution in [0.2, 0.25) is 0 Å². The smallest absolute Gasteiger partial charge is 0.369 e. The molecule has 2 fully saturated rings. The van der Waals surface area contributed by atoms with E-state index in [-0.39, 0.29) is 6.10 Å². The zero-order valence-corrected chi connectivity index (χ0v) is 12.8. The van der Waals surface area contributed by atoms with Crippen molar-refractivity contribution in [1.82, 2.24) is 10.2 Å². The SMILES string of the molecule is CCN1CCC(NC2CCCC(OCC(F)(F)F)C2)CC1. The molecular formula is C15H27F3N2O. The molecule has 2 atom stereocenters. The molecule has 2 rings (SSSR count). The van der Waals surface area contributed by atoms with Gasteiger partial charge in [0.25, 0.3) is 0 Å². The van der Waals surface area contributed by atoms with Gasteiger partial charge in [0, 0.05) is 12.1 Å². The zero-order chi connectivity index (χ0) is 15.3. The third kappa shape index (κ3) is 6.12. The number of halogens is 3. The Hall–Kier alpha value is -0.330. The number of likely N-dealkylation sites (tertiary alicyclic amines) is 1. The van der Waals surface area contributed by atoms with Gasteiger partial charge in [-0.05, 0) is 58.2 Å². The third-order valence-corrected chi connectivity index (χ3v) is 4.61. The van der Waals surface area contributed by atoms with Crippen LogP contribution < -0.4 is 5.32 Å². The number of hydrogen-bond donors (Lipinski definition) is 1. The van der Waals surface area contributed by atoms with Crippen molar-refractivity contribution in [2.75, 3.05) is 26.2 Å². The van der Waals surface area contributed by atoms with Crippen LogP contribution in [-0.4, -0.2) is 55.5 Å². The highest BCUT2D eigenvalue weighted by Crippen LogP contribution is 2.25. The summed E-state index contributed by atoms with van der Waals surface area (Å²) in [6, 6.07) is 0.828. The number of nitrogens with zero attached hydrogens (tertiary/aromatic N) is 1. The van der Waals surface area contributed by atoms with Gasteiger partial charge in [-0.1, -0.05) is 6.92 Å². The first kappa shape index (κ1) is 17.0. The molecule has 0 radical (unpaired) electrons. The molecule has 0 spiro atoms. The first-order chi connectivity index (χ1) is 9.96. The van der Waals surface area contributed by atoms with Gasteiger partial charge in [-0.2, -0.15) is 13.2 Å². The lowest BCUT2D eigenvalue weighted by atomic mass is 9.91. The lowest BCUT2D eigenvalue weighted by Gasteiger charge is -2.36. The summed E-state index contributed by atoms with van der Waals surface area (Å²) in [6.07, 6.45) is 1.29. The maximum absolute atomic E-state index is 12.2. The Kier molecular flexibility index (Phi) is 6.32. The lowest BCUT2D eigenvalue weighted by molar-refractivity contribution is -0.188. The number of piperidine rings is 1. The van der Waals surface area contributed by atoms with Gasteiger partial charge in [0.2, 0.25) is 0 Å². The van der Waals surface area contributed by atoms with Crippen molar-refractivity contribution in [3.05, 3.63) is 0 Å². The lowest BCUT2D eigenvalue weighted by Crippen LogP contribution is -2.48. The van der Waals surface area contributed by atoms with E-state index >= 15 is 0 Å². The Labute approximate surface area is 125 Å². The van der Waals surface area contributed by atoms with Crippen molar-refractivity contribution in [3.63, 3.8) is 0 Å². The second-order valence-corrected chi connectivity index (χ2v) is 6.29. The highest BCUT2D eigenvalue weighted by molar-refractivity contribution is 4.84. The highest BCUT2D eigenvalue weighted by atomic mass is 19.4. The monoisotopic (exact) mass is 308 g/mol. The van der Waals surface area contributed by atoms with Crippen LogP contribution in [0.4, 0.5) is 13.2 Å². The maximum atomic E-state index is 12.2. The van der Waals surface area contributed by atoms with E-state index in [2.05, 4.69) is 17.1 Å². The molecule has 1 saturated heterocycles. The molecule has 1 aliphatic carbocycles. The van der Waals surface area contributed by atoms with Crippen molar-refractivity contribution < 1.29 is 17.9 Å². The number of alkyl halides is 3. The van der Waals surface area contributed by atoms with E-state index in [1.54, 1.807) is 0 Å². The Morgan fingerprint density at radius 1 is 1.10 bits per heavy atom. The number of rotatable bonds is 5. The van der Waals surface area contributed by atoms with E-state index in [1.807, 2.05) is 0 Å². The normalized spacial score (nSPS) is 29.7. The van der Waals surface area contributed by atoms with Crippen LogP contribution in [0.15, 0.2) is 0 Å². The van der Waals surface area contributed by atoms with Crippen molar-refractivity contribution in [2.24, 2.45) is 0 Å². The maximum Gasteiger partial charge on any atom is 0.411 e. The molecule has 2 aliphatic rings. The summed E-state index contributed by atoms with van der Waals surface area (Å²) in [5.41, 5.74) is 0. The fourth-order valence-electron chi connectivity index (χ4n) is 3.41. The highest BCUT2D eigenvalue weighted by Gasteiger charge is 2.32. The summed E-state index contributed by atoms with van der Waals surface area (Å²) in [6.45, 7) is 4.41. The molecule has 2 unspecified atom stereocenters. The summed E-state index contributed by atoms with van der Waals surface area (Å²) in [5, 5.41) is 3.64.